The number of benzene rings is 2. The third kappa shape index (κ3) is 4.31. The molecule has 0 aliphatic carbocycles. The second kappa shape index (κ2) is 7.80. The van der Waals surface area contributed by atoms with E-state index in [2.05, 4.69) is 0 Å². The van der Waals surface area contributed by atoms with Crippen LogP contribution >= 0.6 is 11.6 Å². The number of carbonyl (C=O) groups excluding carboxylic acids is 2. The fourth-order valence-electron chi connectivity index (χ4n) is 2.94. The van der Waals surface area contributed by atoms with Crippen LogP contribution in [0.2, 0.25) is 5.02 Å². The maximum Gasteiger partial charge on any atom is 0.338 e. The number of nitrogens with zero attached hydrogens (tertiary/aromatic N) is 1. The minimum Gasteiger partial charge on any atom is -0.454 e. The second-order valence-corrected chi connectivity index (χ2v) is 10.1. The van der Waals surface area contributed by atoms with Crippen molar-refractivity contribution in [1.29, 1.82) is 0 Å². The van der Waals surface area contributed by atoms with Gasteiger partial charge in [0.25, 0.3) is 10.0 Å². The Kier molecular flexibility index (Phi) is 5.74. The van der Waals surface area contributed by atoms with Crippen LogP contribution in [0.4, 0.5) is 5.69 Å². The lowest BCUT2D eigenvalue weighted by Crippen LogP contribution is -2.29. The predicted molar refractivity (Wildman–Crippen MR) is 111 cm³/mol. The number of carbonyl (C=O) groups is 2. The highest BCUT2D eigenvalue weighted by molar-refractivity contribution is 7.93. The number of rotatable bonds is 5. The van der Waals surface area contributed by atoms with Crippen LogP contribution in [0.3, 0.4) is 0 Å². The number of hydrogen-bond acceptors (Lipinski definition) is 5. The largest absolute Gasteiger partial charge is 0.454 e. The van der Waals surface area contributed by atoms with Crippen LogP contribution in [-0.4, -0.2) is 33.3 Å². The molecule has 0 radical (unpaired) electrons. The van der Waals surface area contributed by atoms with Crippen molar-refractivity contribution in [2.45, 2.75) is 32.1 Å². The molecule has 0 fully saturated rings. The number of ketones is 1. The molecule has 2 aromatic rings. The van der Waals surface area contributed by atoms with E-state index in [1.165, 1.54) is 22.5 Å². The Bertz CT molecular complexity index is 1070. The van der Waals surface area contributed by atoms with Gasteiger partial charge in [-0.15, -0.1) is 0 Å². The van der Waals surface area contributed by atoms with Crippen molar-refractivity contribution in [2.24, 2.45) is 5.41 Å². The zero-order chi connectivity index (χ0) is 21.4. The predicted octanol–water partition coefficient (Wildman–Crippen LogP) is 3.86. The molecule has 1 heterocycles. The van der Waals surface area contributed by atoms with E-state index in [1.54, 1.807) is 32.9 Å². The van der Waals surface area contributed by atoms with Gasteiger partial charge in [-0.05, 0) is 36.2 Å². The molecule has 154 valence electrons. The van der Waals surface area contributed by atoms with Gasteiger partial charge in [-0.25, -0.2) is 13.2 Å². The maximum atomic E-state index is 13.2. The number of hydrogen-bond donors (Lipinski definition) is 0. The van der Waals surface area contributed by atoms with Crippen LogP contribution in [0.25, 0.3) is 0 Å². The SMILES string of the molecule is CC(C)(C)C(=O)COC(=O)c1ccc(Cl)c(S(=O)(=O)N2CCc3ccccc32)c1. The van der Waals surface area contributed by atoms with Gasteiger partial charge < -0.3 is 4.74 Å². The van der Waals surface area contributed by atoms with Crippen LogP contribution in [-0.2, 0) is 26.0 Å². The molecule has 0 N–H and O–H groups in total. The van der Waals surface area contributed by atoms with E-state index in [9.17, 15) is 18.0 Å². The van der Waals surface area contributed by atoms with Crippen LogP contribution in [0, 0.1) is 5.41 Å². The first-order valence-electron chi connectivity index (χ1n) is 9.12. The minimum atomic E-state index is -3.97. The van der Waals surface area contributed by atoms with Crippen LogP contribution < -0.4 is 4.31 Å². The van der Waals surface area contributed by atoms with E-state index in [1.807, 2.05) is 12.1 Å². The van der Waals surface area contributed by atoms with Crippen molar-refractivity contribution < 1.29 is 22.7 Å². The van der Waals surface area contributed by atoms with Gasteiger partial charge in [0.15, 0.2) is 12.4 Å². The van der Waals surface area contributed by atoms with Gasteiger partial charge in [-0.2, -0.15) is 0 Å². The maximum absolute atomic E-state index is 13.2. The number of Topliss-reactive ketones (excluding diaryl/α,β-unsaturated/α-hetero) is 1. The topological polar surface area (TPSA) is 80.8 Å². The Morgan fingerprint density at radius 2 is 1.83 bits per heavy atom. The average molecular weight is 436 g/mol. The highest BCUT2D eigenvalue weighted by Gasteiger charge is 2.33. The van der Waals surface area contributed by atoms with Gasteiger partial charge in [0.05, 0.1) is 16.3 Å². The Balaban J connectivity index is 1.88. The summed E-state index contributed by atoms with van der Waals surface area (Å²) in [6.45, 7) is 5.09. The summed E-state index contributed by atoms with van der Waals surface area (Å²) in [5.41, 5.74) is 0.913. The Hall–Kier alpha value is -2.38. The van der Waals surface area contributed by atoms with Gasteiger partial charge in [0.2, 0.25) is 0 Å². The summed E-state index contributed by atoms with van der Waals surface area (Å²) in [6, 6.07) is 11.2. The van der Waals surface area contributed by atoms with E-state index in [0.717, 1.165) is 5.56 Å². The van der Waals surface area contributed by atoms with Crippen molar-refractivity contribution in [1.82, 2.24) is 0 Å². The molecule has 6 nitrogen and oxygen atoms in total. The van der Waals surface area contributed by atoms with Gasteiger partial charge in [0, 0.05) is 12.0 Å². The molecule has 0 aromatic heterocycles. The molecule has 0 spiro atoms. The zero-order valence-electron chi connectivity index (χ0n) is 16.4. The first kappa shape index (κ1) is 21.3. The van der Waals surface area contributed by atoms with E-state index in [0.29, 0.717) is 18.7 Å². The third-order valence-corrected chi connectivity index (χ3v) is 7.05. The second-order valence-electron chi connectivity index (χ2n) is 7.85. The van der Waals surface area contributed by atoms with Crippen molar-refractivity contribution >= 4 is 39.1 Å². The van der Waals surface area contributed by atoms with Gasteiger partial charge in [-0.3, -0.25) is 9.10 Å². The molecule has 1 aliphatic rings. The zero-order valence-corrected chi connectivity index (χ0v) is 18.0. The molecule has 3 rings (SSSR count). The lowest BCUT2D eigenvalue weighted by molar-refractivity contribution is -0.129. The molecule has 2 aromatic carbocycles. The van der Waals surface area contributed by atoms with Gasteiger partial charge >= 0.3 is 5.97 Å². The summed E-state index contributed by atoms with van der Waals surface area (Å²) in [5, 5.41) is 0.0108. The number of ether oxygens (including phenoxy) is 1. The lowest BCUT2D eigenvalue weighted by atomic mass is 9.91. The smallest absolute Gasteiger partial charge is 0.338 e. The quantitative estimate of drug-likeness (QED) is 0.666. The Morgan fingerprint density at radius 3 is 2.52 bits per heavy atom. The number of anilines is 1. The lowest BCUT2D eigenvalue weighted by Gasteiger charge is -2.20. The van der Waals surface area contributed by atoms with E-state index < -0.39 is 21.4 Å². The Labute approximate surface area is 175 Å². The van der Waals surface area contributed by atoms with E-state index in [4.69, 9.17) is 16.3 Å². The average Bonchev–Trinajstić information content (AvgIpc) is 3.10. The van der Waals surface area contributed by atoms with Crippen LogP contribution in [0.1, 0.15) is 36.7 Å². The fraction of sp³-hybridized carbons (Fsp3) is 0.333. The van der Waals surface area contributed by atoms with E-state index in [-0.39, 0.29) is 27.9 Å². The molecule has 0 unspecified atom stereocenters. The first-order valence-corrected chi connectivity index (χ1v) is 10.9. The molecule has 0 bridgehead atoms. The molecular weight excluding hydrogens is 414 g/mol. The normalized spacial score (nSPS) is 13.9. The van der Waals surface area contributed by atoms with Crippen molar-refractivity contribution in [3.8, 4) is 0 Å². The minimum absolute atomic E-state index is 0.0108. The molecule has 0 saturated heterocycles. The molecule has 0 amide bonds. The van der Waals surface area contributed by atoms with Crippen molar-refractivity contribution in [3.63, 3.8) is 0 Å². The fourth-order valence-corrected chi connectivity index (χ4v) is 4.94. The van der Waals surface area contributed by atoms with Crippen LogP contribution in [0.5, 0.6) is 0 Å². The highest BCUT2D eigenvalue weighted by atomic mass is 35.5. The standard InChI is InChI=1S/C21H22ClNO5S/c1-21(2,3)19(24)13-28-20(25)15-8-9-16(22)18(12-15)29(26,27)23-11-10-14-6-4-5-7-17(14)23/h4-9,12H,10-11,13H2,1-3H3. The molecular formula is C21H22ClNO5S. The number of para-hydroxylation sites is 1. The number of halogens is 1. The number of esters is 1. The third-order valence-electron chi connectivity index (χ3n) is 4.75. The highest BCUT2D eigenvalue weighted by Crippen LogP contribution is 2.35. The number of fused-ring (bicyclic) bond motifs is 1. The molecule has 0 saturated carbocycles. The monoisotopic (exact) mass is 435 g/mol. The van der Waals surface area contributed by atoms with Gasteiger partial charge in [0.1, 0.15) is 4.90 Å². The number of sulfonamides is 1. The van der Waals surface area contributed by atoms with Crippen molar-refractivity contribution in [2.75, 3.05) is 17.5 Å². The van der Waals surface area contributed by atoms with Gasteiger partial charge in [-0.1, -0.05) is 50.6 Å². The molecule has 1 aliphatic heterocycles. The molecule has 0 atom stereocenters. The summed E-state index contributed by atoms with van der Waals surface area (Å²) in [7, 11) is -3.97. The Morgan fingerprint density at radius 1 is 1.14 bits per heavy atom. The summed E-state index contributed by atoms with van der Waals surface area (Å²) < 4.78 is 32.8. The summed E-state index contributed by atoms with van der Waals surface area (Å²) in [6.07, 6.45) is 0.601. The van der Waals surface area contributed by atoms with E-state index >= 15 is 0 Å². The van der Waals surface area contributed by atoms with Crippen LogP contribution in [0.15, 0.2) is 47.4 Å². The molecule has 29 heavy (non-hydrogen) atoms. The summed E-state index contributed by atoms with van der Waals surface area (Å²) in [4.78, 5) is 24.2. The van der Waals surface area contributed by atoms with Crippen molar-refractivity contribution in [3.05, 3.63) is 58.6 Å². The summed E-state index contributed by atoms with van der Waals surface area (Å²) >= 11 is 6.17. The molecule has 8 heteroatoms. The summed E-state index contributed by atoms with van der Waals surface area (Å²) in [5.74, 6) is -1.01. The first-order chi connectivity index (χ1) is 13.5.